The average Bonchev–Trinajstić information content (AvgIpc) is 2.72. The van der Waals surface area contributed by atoms with Crippen molar-refractivity contribution >= 4 is 12.0 Å². The van der Waals surface area contributed by atoms with Crippen LogP contribution in [0.3, 0.4) is 0 Å². The number of nitrogens with one attached hydrogen (secondary N) is 2. The van der Waals surface area contributed by atoms with E-state index >= 15 is 0 Å². The highest BCUT2D eigenvalue weighted by Crippen LogP contribution is 2.54. The molecule has 0 aromatic heterocycles. The summed E-state index contributed by atoms with van der Waals surface area (Å²) in [7, 11) is 0. The highest BCUT2D eigenvalue weighted by atomic mass is 16.6. The standard InChI is InChI=1S/C15H22N2O5/c18-12(15(20)7-14(8-15)1-3-21-4-2-14)17-10-5-9-6-11(10)22-13(19)16-9/h9-11,20H,1-8H2,(H,16,19)(H,17,18)/t9-,10-,11-/m1/s1. The number of carbonyl (C=O) groups excluding carboxylic acids is 2. The zero-order valence-corrected chi connectivity index (χ0v) is 12.5. The summed E-state index contributed by atoms with van der Waals surface area (Å²) < 4.78 is 10.6. The number of aliphatic hydroxyl groups is 1. The summed E-state index contributed by atoms with van der Waals surface area (Å²) in [5, 5.41) is 16.2. The molecule has 2 saturated heterocycles. The van der Waals surface area contributed by atoms with Gasteiger partial charge in [0.1, 0.15) is 11.7 Å². The minimum atomic E-state index is -1.27. The molecule has 122 valence electrons. The molecule has 4 aliphatic rings. The lowest BCUT2D eigenvalue weighted by Crippen LogP contribution is -2.63. The molecule has 7 nitrogen and oxygen atoms in total. The Hall–Kier alpha value is -1.34. The highest BCUT2D eigenvalue weighted by Gasteiger charge is 2.58. The second kappa shape index (κ2) is 4.83. The molecule has 7 heteroatoms. The Bertz CT molecular complexity index is 494. The van der Waals surface area contributed by atoms with E-state index in [1.54, 1.807) is 0 Å². The smallest absolute Gasteiger partial charge is 0.407 e. The maximum Gasteiger partial charge on any atom is 0.407 e. The molecule has 2 aliphatic carbocycles. The van der Waals surface area contributed by atoms with Gasteiger partial charge < -0.3 is 25.2 Å². The van der Waals surface area contributed by atoms with Crippen molar-refractivity contribution in [3.63, 3.8) is 0 Å². The fourth-order valence-electron chi connectivity index (χ4n) is 4.55. The molecule has 0 radical (unpaired) electrons. The molecule has 3 N–H and O–H groups in total. The van der Waals surface area contributed by atoms with Crippen molar-refractivity contribution in [3.05, 3.63) is 0 Å². The van der Waals surface area contributed by atoms with Crippen molar-refractivity contribution in [3.8, 4) is 0 Å². The quantitative estimate of drug-likeness (QED) is 0.670. The Morgan fingerprint density at radius 2 is 2.00 bits per heavy atom. The van der Waals surface area contributed by atoms with E-state index in [2.05, 4.69) is 10.6 Å². The molecule has 0 unspecified atom stereocenters. The van der Waals surface area contributed by atoms with Gasteiger partial charge in [0.15, 0.2) is 0 Å². The first-order valence-corrected chi connectivity index (χ1v) is 8.06. The van der Waals surface area contributed by atoms with Gasteiger partial charge in [-0.2, -0.15) is 0 Å². The lowest BCUT2D eigenvalue weighted by molar-refractivity contribution is -0.183. The predicted molar refractivity (Wildman–Crippen MR) is 75.0 cm³/mol. The molecule has 22 heavy (non-hydrogen) atoms. The Morgan fingerprint density at radius 1 is 1.27 bits per heavy atom. The van der Waals surface area contributed by atoms with Crippen LogP contribution in [0.4, 0.5) is 4.79 Å². The first-order valence-electron chi connectivity index (χ1n) is 8.06. The molecule has 2 aliphatic heterocycles. The zero-order valence-electron chi connectivity index (χ0n) is 12.5. The Balaban J connectivity index is 1.36. The van der Waals surface area contributed by atoms with Gasteiger partial charge >= 0.3 is 6.09 Å². The van der Waals surface area contributed by atoms with Gasteiger partial charge in [-0.1, -0.05) is 0 Å². The lowest BCUT2D eigenvalue weighted by atomic mass is 9.55. The van der Waals surface area contributed by atoms with E-state index in [9.17, 15) is 14.7 Å². The molecule has 2 amide bonds. The SMILES string of the molecule is O=C1N[C@@H]2C[C@@H](NC(=O)C3(O)CC4(CCOCC4)C3)[C@@H](C2)O1. The van der Waals surface area contributed by atoms with E-state index in [4.69, 9.17) is 9.47 Å². The first kappa shape index (κ1) is 14.3. The third kappa shape index (κ3) is 2.27. The van der Waals surface area contributed by atoms with Crippen LogP contribution in [0.2, 0.25) is 0 Å². The molecule has 3 atom stereocenters. The van der Waals surface area contributed by atoms with Gasteiger partial charge in [0.25, 0.3) is 5.91 Å². The summed E-state index contributed by atoms with van der Waals surface area (Å²) >= 11 is 0. The van der Waals surface area contributed by atoms with Crippen LogP contribution in [0, 0.1) is 5.41 Å². The monoisotopic (exact) mass is 310 g/mol. The van der Waals surface area contributed by atoms with Crippen molar-refractivity contribution in [1.29, 1.82) is 0 Å². The molecular formula is C15H22N2O5. The molecule has 2 heterocycles. The van der Waals surface area contributed by atoms with Crippen molar-refractivity contribution in [2.75, 3.05) is 13.2 Å². The topological polar surface area (TPSA) is 96.9 Å². The van der Waals surface area contributed by atoms with Gasteiger partial charge in [-0.15, -0.1) is 0 Å². The van der Waals surface area contributed by atoms with Gasteiger partial charge in [0.2, 0.25) is 0 Å². The van der Waals surface area contributed by atoms with Crippen LogP contribution in [0.15, 0.2) is 0 Å². The van der Waals surface area contributed by atoms with E-state index in [1.807, 2.05) is 0 Å². The Morgan fingerprint density at radius 3 is 2.73 bits per heavy atom. The summed E-state index contributed by atoms with van der Waals surface area (Å²) in [5.74, 6) is -0.321. The van der Waals surface area contributed by atoms with Crippen LogP contribution < -0.4 is 10.6 Å². The summed E-state index contributed by atoms with van der Waals surface area (Å²) in [4.78, 5) is 23.8. The Labute approximate surface area is 128 Å². The van der Waals surface area contributed by atoms with Crippen LogP contribution in [0.25, 0.3) is 0 Å². The summed E-state index contributed by atoms with van der Waals surface area (Å²) in [5.41, 5.74) is -1.20. The molecule has 4 rings (SSSR count). The van der Waals surface area contributed by atoms with Crippen molar-refractivity contribution in [1.82, 2.24) is 10.6 Å². The number of fused-ring (bicyclic) bond motifs is 2. The third-order valence-corrected chi connectivity index (χ3v) is 5.71. The minimum Gasteiger partial charge on any atom is -0.444 e. The molecule has 2 saturated carbocycles. The first-order chi connectivity index (χ1) is 10.5. The number of amides is 2. The van der Waals surface area contributed by atoms with Gasteiger partial charge in [-0.05, 0) is 37.5 Å². The fourth-order valence-corrected chi connectivity index (χ4v) is 4.55. The second-order valence-corrected chi connectivity index (χ2v) is 7.33. The number of ether oxygens (including phenoxy) is 2. The summed E-state index contributed by atoms with van der Waals surface area (Å²) in [6.45, 7) is 1.43. The van der Waals surface area contributed by atoms with Crippen LogP contribution >= 0.6 is 0 Å². The molecule has 2 bridgehead atoms. The van der Waals surface area contributed by atoms with E-state index in [0.29, 0.717) is 32.5 Å². The van der Waals surface area contributed by atoms with Crippen molar-refractivity contribution in [2.45, 2.75) is 62.3 Å². The molecule has 0 aromatic carbocycles. The normalized spacial score (nSPS) is 37.9. The number of alkyl carbamates (subject to hydrolysis) is 1. The average molecular weight is 310 g/mol. The van der Waals surface area contributed by atoms with Crippen molar-refractivity contribution in [2.24, 2.45) is 5.41 Å². The number of carbonyl (C=O) groups is 2. The maximum absolute atomic E-state index is 12.4. The number of rotatable bonds is 2. The summed E-state index contributed by atoms with van der Waals surface area (Å²) in [6.07, 6.45) is 3.54. The van der Waals surface area contributed by atoms with Gasteiger partial charge in [0.05, 0.1) is 6.04 Å². The molecule has 0 aromatic rings. The van der Waals surface area contributed by atoms with Gasteiger partial charge in [-0.25, -0.2) is 4.79 Å². The highest BCUT2D eigenvalue weighted by molar-refractivity contribution is 5.86. The largest absolute Gasteiger partial charge is 0.444 e. The van der Waals surface area contributed by atoms with E-state index in [1.165, 1.54) is 0 Å². The fraction of sp³-hybridized carbons (Fsp3) is 0.867. The molecule has 1 spiro atoms. The minimum absolute atomic E-state index is 0.0643. The van der Waals surface area contributed by atoms with Crippen molar-refractivity contribution < 1.29 is 24.2 Å². The number of hydrogen-bond donors (Lipinski definition) is 3. The lowest BCUT2D eigenvalue weighted by Gasteiger charge is -2.54. The third-order valence-electron chi connectivity index (χ3n) is 5.71. The number of hydrogen-bond acceptors (Lipinski definition) is 5. The van der Waals surface area contributed by atoms with Gasteiger partial charge in [-0.3, -0.25) is 4.79 Å². The zero-order chi connectivity index (χ0) is 15.4. The molecule has 4 fully saturated rings. The summed E-state index contributed by atoms with van der Waals surface area (Å²) in [6, 6.07) is -0.138. The Kier molecular flexibility index (Phi) is 3.13. The van der Waals surface area contributed by atoms with Crippen LogP contribution in [-0.2, 0) is 14.3 Å². The van der Waals surface area contributed by atoms with Gasteiger partial charge in [0, 0.05) is 25.7 Å². The van der Waals surface area contributed by atoms with Crippen LogP contribution in [0.5, 0.6) is 0 Å². The van der Waals surface area contributed by atoms with Crippen LogP contribution in [0.1, 0.15) is 38.5 Å². The predicted octanol–water partition coefficient (Wildman–Crippen LogP) is 0.0637. The van der Waals surface area contributed by atoms with E-state index in [-0.39, 0.29) is 29.5 Å². The van der Waals surface area contributed by atoms with Crippen LogP contribution in [-0.4, -0.2) is 54.1 Å². The van der Waals surface area contributed by atoms with E-state index in [0.717, 1.165) is 19.3 Å². The maximum atomic E-state index is 12.4. The molecular weight excluding hydrogens is 288 g/mol. The van der Waals surface area contributed by atoms with E-state index < -0.39 is 11.7 Å². The second-order valence-electron chi connectivity index (χ2n) is 7.33.